The first kappa shape index (κ1) is 15.5. The van der Waals surface area contributed by atoms with Gasteiger partial charge in [0.2, 0.25) is 0 Å². The number of ether oxygens (including phenoxy) is 1. The Kier molecular flexibility index (Phi) is 5.57. The van der Waals surface area contributed by atoms with Gasteiger partial charge in [0.05, 0.1) is 6.61 Å². The summed E-state index contributed by atoms with van der Waals surface area (Å²) in [5.74, 6) is -0.219. The van der Waals surface area contributed by atoms with Crippen LogP contribution in [0, 0.1) is 5.82 Å². The van der Waals surface area contributed by atoms with Gasteiger partial charge in [0.15, 0.2) is 0 Å². The van der Waals surface area contributed by atoms with Crippen LogP contribution in [0.5, 0.6) is 0 Å². The number of hydrogen-bond acceptors (Lipinski definition) is 2. The van der Waals surface area contributed by atoms with Crippen molar-refractivity contribution in [3.05, 3.63) is 62.3 Å². The molecule has 2 rings (SSSR count). The molecule has 0 saturated carbocycles. The van der Waals surface area contributed by atoms with Gasteiger partial charge in [-0.15, -0.1) is 0 Å². The van der Waals surface area contributed by atoms with E-state index < -0.39 is 0 Å². The fourth-order valence-corrected chi connectivity index (χ4v) is 2.77. The highest BCUT2D eigenvalue weighted by Crippen LogP contribution is 2.26. The van der Waals surface area contributed by atoms with Crippen molar-refractivity contribution in [2.75, 3.05) is 12.4 Å². The van der Waals surface area contributed by atoms with E-state index in [0.29, 0.717) is 18.7 Å². The van der Waals surface area contributed by atoms with Gasteiger partial charge in [0.1, 0.15) is 5.82 Å². The third kappa shape index (κ3) is 3.81. The van der Waals surface area contributed by atoms with Gasteiger partial charge >= 0.3 is 0 Å². The van der Waals surface area contributed by atoms with E-state index in [1.54, 1.807) is 19.2 Å². The Bertz CT molecular complexity index is 604. The van der Waals surface area contributed by atoms with Crippen LogP contribution < -0.4 is 5.32 Å². The van der Waals surface area contributed by atoms with Gasteiger partial charge in [-0.2, -0.15) is 0 Å². The maximum Gasteiger partial charge on any atom is 0.128 e. The van der Waals surface area contributed by atoms with E-state index in [0.717, 1.165) is 20.2 Å². The summed E-state index contributed by atoms with van der Waals surface area (Å²) >= 11 is 6.85. The molecule has 5 heteroatoms. The fourth-order valence-electron chi connectivity index (χ4n) is 1.88. The first-order chi connectivity index (χ1) is 9.61. The molecule has 0 aliphatic heterocycles. The van der Waals surface area contributed by atoms with E-state index in [1.165, 1.54) is 6.07 Å². The van der Waals surface area contributed by atoms with Crippen molar-refractivity contribution < 1.29 is 9.13 Å². The summed E-state index contributed by atoms with van der Waals surface area (Å²) in [6.45, 7) is 0.906. The second kappa shape index (κ2) is 7.20. The summed E-state index contributed by atoms with van der Waals surface area (Å²) < 4.78 is 20.7. The minimum atomic E-state index is -0.219. The smallest absolute Gasteiger partial charge is 0.128 e. The van der Waals surface area contributed by atoms with Crippen molar-refractivity contribution in [3.8, 4) is 0 Å². The van der Waals surface area contributed by atoms with Crippen LogP contribution >= 0.6 is 31.9 Å². The molecule has 0 spiro atoms. The maximum absolute atomic E-state index is 13.7. The quantitative estimate of drug-likeness (QED) is 0.750. The van der Waals surface area contributed by atoms with Crippen LogP contribution in [0.2, 0.25) is 0 Å². The van der Waals surface area contributed by atoms with E-state index in [2.05, 4.69) is 37.2 Å². The fraction of sp³-hybridized carbons (Fsp3) is 0.200. The second-order valence-corrected chi connectivity index (χ2v) is 6.06. The van der Waals surface area contributed by atoms with Crippen molar-refractivity contribution in [2.45, 2.75) is 13.2 Å². The molecule has 2 aromatic carbocycles. The van der Waals surface area contributed by atoms with Crippen LogP contribution in [0.15, 0.2) is 45.3 Å². The topological polar surface area (TPSA) is 21.3 Å². The maximum atomic E-state index is 13.7. The molecule has 0 fully saturated rings. The molecule has 0 saturated heterocycles. The van der Waals surface area contributed by atoms with E-state index in [9.17, 15) is 4.39 Å². The highest BCUT2D eigenvalue weighted by Gasteiger charge is 2.08. The monoisotopic (exact) mass is 401 g/mol. The van der Waals surface area contributed by atoms with Crippen molar-refractivity contribution in [2.24, 2.45) is 0 Å². The average molecular weight is 403 g/mol. The van der Waals surface area contributed by atoms with Crippen molar-refractivity contribution in [1.29, 1.82) is 0 Å². The molecule has 0 amide bonds. The zero-order valence-electron chi connectivity index (χ0n) is 10.9. The van der Waals surface area contributed by atoms with E-state index in [1.807, 2.05) is 18.2 Å². The number of halogens is 3. The lowest BCUT2D eigenvalue weighted by Gasteiger charge is -2.14. The normalized spacial score (nSPS) is 10.6. The van der Waals surface area contributed by atoms with Gasteiger partial charge in [-0.25, -0.2) is 4.39 Å². The molecule has 20 heavy (non-hydrogen) atoms. The van der Waals surface area contributed by atoms with Gasteiger partial charge < -0.3 is 10.1 Å². The number of hydrogen-bond donors (Lipinski definition) is 1. The van der Waals surface area contributed by atoms with E-state index >= 15 is 0 Å². The lowest BCUT2D eigenvalue weighted by Crippen LogP contribution is -2.05. The lowest BCUT2D eigenvalue weighted by molar-refractivity contribution is 0.185. The summed E-state index contributed by atoms with van der Waals surface area (Å²) in [7, 11) is 1.65. The lowest BCUT2D eigenvalue weighted by atomic mass is 10.1. The Labute approximate surface area is 134 Å². The minimum Gasteiger partial charge on any atom is -0.381 e. The van der Waals surface area contributed by atoms with Crippen LogP contribution in [0.25, 0.3) is 0 Å². The Morgan fingerprint density at radius 1 is 1.20 bits per heavy atom. The Balaban J connectivity index is 2.18. The molecule has 2 aromatic rings. The summed E-state index contributed by atoms with van der Waals surface area (Å²) in [5.41, 5.74) is 2.56. The molecular formula is C15H14Br2FNO. The van der Waals surface area contributed by atoms with Crippen molar-refractivity contribution in [3.63, 3.8) is 0 Å². The molecular weight excluding hydrogens is 389 g/mol. The van der Waals surface area contributed by atoms with E-state index in [4.69, 9.17) is 4.74 Å². The number of rotatable bonds is 5. The number of nitrogens with one attached hydrogen (secondary N) is 1. The molecule has 0 aliphatic carbocycles. The van der Waals surface area contributed by atoms with E-state index in [-0.39, 0.29) is 5.82 Å². The summed E-state index contributed by atoms with van der Waals surface area (Å²) in [5, 5.41) is 3.25. The van der Waals surface area contributed by atoms with Crippen LogP contribution in [-0.2, 0) is 17.9 Å². The summed E-state index contributed by atoms with van der Waals surface area (Å²) in [6, 6.07) is 10.8. The molecule has 0 aliphatic rings. The van der Waals surface area contributed by atoms with Gasteiger partial charge in [-0.05, 0) is 30.3 Å². The second-order valence-electron chi connectivity index (χ2n) is 4.29. The van der Waals surface area contributed by atoms with Gasteiger partial charge in [0, 0.05) is 39.4 Å². The summed E-state index contributed by atoms with van der Waals surface area (Å²) in [4.78, 5) is 0. The third-order valence-corrected chi connectivity index (χ3v) is 4.12. The molecule has 0 aromatic heterocycles. The standard InChI is InChI=1S/C15H14Br2FNO/c1-20-9-12-13(17)3-2-4-15(12)19-8-10-7-11(16)5-6-14(10)18/h2-7,19H,8-9H2,1H3. The highest BCUT2D eigenvalue weighted by atomic mass is 79.9. The predicted octanol–water partition coefficient (Wildman–Crippen LogP) is 5.11. The summed E-state index contributed by atoms with van der Waals surface area (Å²) in [6.07, 6.45) is 0. The van der Waals surface area contributed by atoms with Gasteiger partial charge in [0.25, 0.3) is 0 Å². The molecule has 1 N–H and O–H groups in total. The SMILES string of the molecule is COCc1c(Br)cccc1NCc1cc(Br)ccc1F. The van der Waals surface area contributed by atoms with Crippen LogP contribution in [0.4, 0.5) is 10.1 Å². The number of anilines is 1. The Hall–Kier alpha value is -0.910. The number of benzene rings is 2. The Morgan fingerprint density at radius 3 is 2.75 bits per heavy atom. The zero-order valence-corrected chi connectivity index (χ0v) is 14.1. The molecule has 0 unspecified atom stereocenters. The van der Waals surface area contributed by atoms with Crippen molar-refractivity contribution >= 4 is 37.5 Å². The Morgan fingerprint density at radius 2 is 2.00 bits per heavy atom. The van der Waals surface area contributed by atoms with Crippen molar-refractivity contribution in [1.82, 2.24) is 0 Å². The molecule has 2 nitrogen and oxygen atoms in total. The molecule has 0 bridgehead atoms. The minimum absolute atomic E-state index is 0.219. The largest absolute Gasteiger partial charge is 0.381 e. The molecule has 0 heterocycles. The first-order valence-corrected chi connectivity index (χ1v) is 7.64. The molecule has 0 radical (unpaired) electrons. The predicted molar refractivity (Wildman–Crippen MR) is 86.3 cm³/mol. The van der Waals surface area contributed by atoms with Gasteiger partial charge in [-0.1, -0.05) is 37.9 Å². The van der Waals surface area contributed by atoms with Gasteiger partial charge in [-0.3, -0.25) is 0 Å². The zero-order chi connectivity index (χ0) is 14.5. The molecule has 0 atom stereocenters. The average Bonchev–Trinajstić information content (AvgIpc) is 2.43. The highest BCUT2D eigenvalue weighted by molar-refractivity contribution is 9.10. The first-order valence-electron chi connectivity index (χ1n) is 6.06. The third-order valence-electron chi connectivity index (χ3n) is 2.88. The van der Waals surface area contributed by atoms with Crippen LogP contribution in [0.1, 0.15) is 11.1 Å². The number of methoxy groups -OCH3 is 1. The van der Waals surface area contributed by atoms with Crippen LogP contribution in [0.3, 0.4) is 0 Å². The van der Waals surface area contributed by atoms with Crippen LogP contribution in [-0.4, -0.2) is 7.11 Å². The molecule has 106 valence electrons.